The molecule has 1 heterocycles. The molecule has 4 aromatic rings. The number of aromatic nitrogens is 2. The lowest BCUT2D eigenvalue weighted by atomic mass is 10.1. The largest absolute Gasteiger partial charge is 0.363 e. The summed E-state index contributed by atoms with van der Waals surface area (Å²) in [7, 11) is -3.30. The third-order valence-electron chi connectivity index (χ3n) is 4.70. The molecular formula is C23H22N4O2S. The fourth-order valence-electron chi connectivity index (χ4n) is 3.25. The SMILES string of the molecule is C[C@H](Nc1nc(-c2ccccc2)nc2ccccc12)c1ccc(NS(C)(=O)=O)cc1. The Kier molecular flexibility index (Phi) is 5.37. The Hall–Kier alpha value is -3.45. The summed E-state index contributed by atoms with van der Waals surface area (Å²) in [6.45, 7) is 2.04. The monoisotopic (exact) mass is 418 g/mol. The van der Waals surface area contributed by atoms with Gasteiger partial charge in [0, 0.05) is 22.7 Å². The van der Waals surface area contributed by atoms with Gasteiger partial charge in [-0.25, -0.2) is 18.4 Å². The molecule has 7 heteroatoms. The molecule has 0 radical (unpaired) electrons. The van der Waals surface area contributed by atoms with Gasteiger partial charge in [-0.3, -0.25) is 4.72 Å². The second kappa shape index (κ2) is 8.12. The molecule has 1 atom stereocenters. The summed E-state index contributed by atoms with van der Waals surface area (Å²) in [6, 6.07) is 25.0. The summed E-state index contributed by atoms with van der Waals surface area (Å²) in [5.74, 6) is 1.42. The van der Waals surface area contributed by atoms with Crippen molar-refractivity contribution in [1.29, 1.82) is 0 Å². The molecule has 0 fully saturated rings. The van der Waals surface area contributed by atoms with Crippen molar-refractivity contribution in [3.8, 4) is 11.4 Å². The van der Waals surface area contributed by atoms with Crippen LogP contribution in [0.4, 0.5) is 11.5 Å². The van der Waals surface area contributed by atoms with Gasteiger partial charge in [-0.1, -0.05) is 54.6 Å². The Bertz CT molecular complexity index is 1270. The van der Waals surface area contributed by atoms with Gasteiger partial charge in [0.25, 0.3) is 0 Å². The van der Waals surface area contributed by atoms with Gasteiger partial charge in [0.1, 0.15) is 5.82 Å². The minimum atomic E-state index is -3.30. The van der Waals surface area contributed by atoms with Crippen LogP contribution in [0.5, 0.6) is 0 Å². The molecule has 152 valence electrons. The third-order valence-corrected chi connectivity index (χ3v) is 5.31. The van der Waals surface area contributed by atoms with Gasteiger partial charge in [0.05, 0.1) is 11.8 Å². The summed E-state index contributed by atoms with van der Waals surface area (Å²) < 4.78 is 25.3. The number of hydrogen-bond acceptors (Lipinski definition) is 5. The highest BCUT2D eigenvalue weighted by atomic mass is 32.2. The number of anilines is 2. The summed E-state index contributed by atoms with van der Waals surface area (Å²) in [5.41, 5.74) is 3.37. The molecule has 2 N–H and O–H groups in total. The molecular weight excluding hydrogens is 396 g/mol. The molecule has 0 saturated heterocycles. The van der Waals surface area contributed by atoms with Crippen LogP contribution in [0.3, 0.4) is 0 Å². The first-order valence-corrected chi connectivity index (χ1v) is 11.4. The number of hydrogen-bond donors (Lipinski definition) is 2. The topological polar surface area (TPSA) is 84.0 Å². The fourth-order valence-corrected chi connectivity index (χ4v) is 3.81. The van der Waals surface area contributed by atoms with E-state index < -0.39 is 10.0 Å². The van der Waals surface area contributed by atoms with Gasteiger partial charge >= 0.3 is 0 Å². The highest BCUT2D eigenvalue weighted by Gasteiger charge is 2.13. The van der Waals surface area contributed by atoms with Crippen LogP contribution in [-0.2, 0) is 10.0 Å². The van der Waals surface area contributed by atoms with Crippen molar-refractivity contribution in [2.24, 2.45) is 0 Å². The van der Waals surface area contributed by atoms with E-state index in [2.05, 4.69) is 10.0 Å². The molecule has 0 unspecified atom stereocenters. The zero-order valence-electron chi connectivity index (χ0n) is 16.7. The van der Waals surface area contributed by atoms with Crippen molar-refractivity contribution in [3.05, 3.63) is 84.4 Å². The van der Waals surface area contributed by atoms with E-state index in [0.717, 1.165) is 34.1 Å². The van der Waals surface area contributed by atoms with E-state index in [9.17, 15) is 8.42 Å². The summed E-state index contributed by atoms with van der Waals surface area (Å²) in [4.78, 5) is 9.50. The molecule has 0 bridgehead atoms. The predicted molar refractivity (Wildman–Crippen MR) is 122 cm³/mol. The van der Waals surface area contributed by atoms with Crippen LogP contribution < -0.4 is 10.0 Å². The standard InChI is InChI=1S/C23H22N4O2S/c1-16(17-12-14-19(15-13-17)27-30(2,28)29)24-23-20-10-6-7-11-21(20)25-22(26-23)18-8-4-3-5-9-18/h3-16,27H,1-2H3,(H,24,25,26)/t16-/m0/s1. The number of fused-ring (bicyclic) bond motifs is 1. The highest BCUT2D eigenvalue weighted by Crippen LogP contribution is 2.28. The zero-order chi connectivity index (χ0) is 21.1. The van der Waals surface area contributed by atoms with Crippen LogP contribution in [0.1, 0.15) is 18.5 Å². The second-order valence-electron chi connectivity index (χ2n) is 7.14. The Morgan fingerprint density at radius 1 is 0.833 bits per heavy atom. The maximum Gasteiger partial charge on any atom is 0.229 e. The van der Waals surface area contributed by atoms with Crippen molar-refractivity contribution in [1.82, 2.24) is 9.97 Å². The maximum atomic E-state index is 11.4. The quantitative estimate of drug-likeness (QED) is 0.468. The average molecular weight is 419 g/mol. The van der Waals surface area contributed by atoms with Gasteiger partial charge in [-0.2, -0.15) is 0 Å². The van der Waals surface area contributed by atoms with Crippen molar-refractivity contribution >= 4 is 32.4 Å². The van der Waals surface area contributed by atoms with Crippen LogP contribution in [0.15, 0.2) is 78.9 Å². The molecule has 0 spiro atoms. The molecule has 30 heavy (non-hydrogen) atoms. The van der Waals surface area contributed by atoms with E-state index in [1.54, 1.807) is 12.1 Å². The molecule has 4 rings (SSSR count). The Morgan fingerprint density at radius 2 is 1.50 bits per heavy atom. The fraction of sp³-hybridized carbons (Fsp3) is 0.130. The van der Waals surface area contributed by atoms with Crippen LogP contribution in [0, 0.1) is 0 Å². The summed E-state index contributed by atoms with van der Waals surface area (Å²) >= 11 is 0. The smallest absolute Gasteiger partial charge is 0.229 e. The van der Waals surface area contributed by atoms with E-state index in [-0.39, 0.29) is 6.04 Å². The second-order valence-corrected chi connectivity index (χ2v) is 8.89. The first kappa shape index (κ1) is 19.8. The molecule has 6 nitrogen and oxygen atoms in total. The molecule has 0 aliphatic rings. The first-order chi connectivity index (χ1) is 14.4. The molecule has 0 saturated carbocycles. The van der Waals surface area contributed by atoms with Crippen molar-refractivity contribution in [2.45, 2.75) is 13.0 Å². The van der Waals surface area contributed by atoms with E-state index in [4.69, 9.17) is 9.97 Å². The summed E-state index contributed by atoms with van der Waals surface area (Å²) in [6.07, 6.45) is 1.13. The number of sulfonamides is 1. The number of rotatable bonds is 6. The summed E-state index contributed by atoms with van der Waals surface area (Å²) in [5, 5.41) is 4.43. The van der Waals surface area contributed by atoms with Crippen LogP contribution >= 0.6 is 0 Å². The average Bonchev–Trinajstić information content (AvgIpc) is 2.73. The number of para-hydroxylation sites is 1. The van der Waals surface area contributed by atoms with Gasteiger partial charge in [-0.15, -0.1) is 0 Å². The molecule has 0 amide bonds. The molecule has 3 aromatic carbocycles. The van der Waals surface area contributed by atoms with Gasteiger partial charge in [-0.05, 0) is 36.8 Å². The van der Waals surface area contributed by atoms with Crippen LogP contribution in [-0.4, -0.2) is 24.6 Å². The van der Waals surface area contributed by atoms with Crippen LogP contribution in [0.2, 0.25) is 0 Å². The first-order valence-electron chi connectivity index (χ1n) is 9.55. The minimum absolute atomic E-state index is 0.0424. The molecule has 0 aliphatic carbocycles. The lowest BCUT2D eigenvalue weighted by Crippen LogP contribution is -2.11. The van der Waals surface area contributed by atoms with E-state index >= 15 is 0 Å². The Labute approximate surface area is 176 Å². The predicted octanol–water partition coefficient (Wildman–Crippen LogP) is 4.84. The van der Waals surface area contributed by atoms with Gasteiger partial charge < -0.3 is 5.32 Å². The highest BCUT2D eigenvalue weighted by molar-refractivity contribution is 7.92. The molecule has 1 aromatic heterocycles. The lowest BCUT2D eigenvalue weighted by Gasteiger charge is -2.18. The van der Waals surface area contributed by atoms with Crippen molar-refractivity contribution < 1.29 is 8.42 Å². The molecule has 0 aliphatic heterocycles. The van der Waals surface area contributed by atoms with E-state index in [1.807, 2.05) is 73.7 Å². The Morgan fingerprint density at radius 3 is 2.20 bits per heavy atom. The maximum absolute atomic E-state index is 11.4. The number of benzene rings is 3. The van der Waals surface area contributed by atoms with Crippen molar-refractivity contribution in [3.63, 3.8) is 0 Å². The lowest BCUT2D eigenvalue weighted by molar-refractivity contribution is 0.607. The number of nitrogens with zero attached hydrogens (tertiary/aromatic N) is 2. The normalized spacial score (nSPS) is 12.5. The Balaban J connectivity index is 1.66. The van der Waals surface area contributed by atoms with Crippen molar-refractivity contribution in [2.75, 3.05) is 16.3 Å². The van der Waals surface area contributed by atoms with E-state index in [0.29, 0.717) is 11.5 Å². The number of nitrogens with one attached hydrogen (secondary N) is 2. The van der Waals surface area contributed by atoms with Gasteiger partial charge in [0.15, 0.2) is 5.82 Å². The van der Waals surface area contributed by atoms with Gasteiger partial charge in [0.2, 0.25) is 10.0 Å². The minimum Gasteiger partial charge on any atom is -0.363 e. The van der Waals surface area contributed by atoms with E-state index in [1.165, 1.54) is 0 Å². The third kappa shape index (κ3) is 4.58. The zero-order valence-corrected chi connectivity index (χ0v) is 17.5. The van der Waals surface area contributed by atoms with Crippen LogP contribution in [0.25, 0.3) is 22.3 Å².